The predicted molar refractivity (Wildman–Crippen MR) is 73.3 cm³/mol. The number of carbonyl (C=O) groups excluding carboxylic acids is 1. The van der Waals surface area contributed by atoms with Gasteiger partial charge in [-0.1, -0.05) is 13.8 Å². The highest BCUT2D eigenvalue weighted by atomic mass is 16.5. The van der Waals surface area contributed by atoms with Crippen LogP contribution in [0.3, 0.4) is 0 Å². The molecule has 1 atom stereocenters. The average molecular weight is 284 g/mol. The van der Waals surface area contributed by atoms with Gasteiger partial charge in [-0.15, -0.1) is 0 Å². The SMILES string of the molecule is CC(C)C1(C(=O)N2CC(C)(OCC(=O)O)C2)CCNC1. The Morgan fingerprint density at radius 3 is 2.50 bits per heavy atom. The second kappa shape index (κ2) is 5.33. The van der Waals surface area contributed by atoms with Crippen LogP contribution in [0, 0.1) is 11.3 Å². The smallest absolute Gasteiger partial charge is 0.329 e. The predicted octanol–water partition coefficient (Wildman–Crippen LogP) is 0.324. The van der Waals surface area contributed by atoms with Crippen molar-refractivity contribution in [1.82, 2.24) is 10.2 Å². The van der Waals surface area contributed by atoms with Crippen LogP contribution in [0.1, 0.15) is 27.2 Å². The van der Waals surface area contributed by atoms with E-state index in [1.54, 1.807) is 4.90 Å². The molecular formula is C14H24N2O4. The van der Waals surface area contributed by atoms with Crippen molar-refractivity contribution < 1.29 is 19.4 Å². The summed E-state index contributed by atoms with van der Waals surface area (Å²) in [5.74, 6) is -0.514. The Labute approximate surface area is 119 Å². The maximum atomic E-state index is 12.7. The number of rotatable bonds is 5. The topological polar surface area (TPSA) is 78.9 Å². The number of likely N-dealkylation sites (tertiary alicyclic amines) is 1. The molecule has 2 saturated heterocycles. The van der Waals surface area contributed by atoms with E-state index in [1.807, 2.05) is 6.92 Å². The van der Waals surface area contributed by atoms with Gasteiger partial charge in [-0.2, -0.15) is 0 Å². The van der Waals surface area contributed by atoms with Crippen molar-refractivity contribution in [2.75, 3.05) is 32.8 Å². The molecule has 1 amide bonds. The van der Waals surface area contributed by atoms with E-state index in [0.29, 0.717) is 13.1 Å². The van der Waals surface area contributed by atoms with Crippen molar-refractivity contribution in [3.8, 4) is 0 Å². The molecule has 20 heavy (non-hydrogen) atoms. The lowest BCUT2D eigenvalue weighted by atomic mass is 9.74. The van der Waals surface area contributed by atoms with E-state index in [2.05, 4.69) is 19.2 Å². The van der Waals surface area contributed by atoms with Crippen molar-refractivity contribution in [2.24, 2.45) is 11.3 Å². The van der Waals surface area contributed by atoms with Crippen LogP contribution in [0.4, 0.5) is 0 Å². The van der Waals surface area contributed by atoms with Gasteiger partial charge in [0.1, 0.15) is 12.2 Å². The van der Waals surface area contributed by atoms with Crippen molar-refractivity contribution in [2.45, 2.75) is 32.8 Å². The van der Waals surface area contributed by atoms with E-state index in [1.165, 1.54) is 0 Å². The Hall–Kier alpha value is -1.14. The van der Waals surface area contributed by atoms with E-state index in [0.717, 1.165) is 19.5 Å². The first kappa shape index (κ1) is 15.3. The van der Waals surface area contributed by atoms with Crippen molar-refractivity contribution >= 4 is 11.9 Å². The second-order valence-electron chi connectivity index (χ2n) is 6.53. The largest absolute Gasteiger partial charge is 0.480 e. The van der Waals surface area contributed by atoms with Crippen LogP contribution in [-0.2, 0) is 14.3 Å². The summed E-state index contributed by atoms with van der Waals surface area (Å²) in [7, 11) is 0. The summed E-state index contributed by atoms with van der Waals surface area (Å²) < 4.78 is 5.35. The number of aliphatic carboxylic acids is 1. The van der Waals surface area contributed by atoms with Gasteiger partial charge in [0.05, 0.1) is 18.5 Å². The van der Waals surface area contributed by atoms with Gasteiger partial charge in [0.25, 0.3) is 0 Å². The molecule has 0 bridgehead atoms. The van der Waals surface area contributed by atoms with Crippen LogP contribution in [-0.4, -0.2) is 60.3 Å². The van der Waals surface area contributed by atoms with Gasteiger partial charge < -0.3 is 20.1 Å². The number of amides is 1. The molecule has 1 unspecified atom stereocenters. The fraction of sp³-hybridized carbons (Fsp3) is 0.857. The van der Waals surface area contributed by atoms with Crippen LogP contribution in [0.5, 0.6) is 0 Å². The average Bonchev–Trinajstić information content (AvgIpc) is 2.82. The van der Waals surface area contributed by atoms with Crippen LogP contribution in [0.25, 0.3) is 0 Å². The zero-order chi connectivity index (χ0) is 15.0. The lowest BCUT2D eigenvalue weighted by Crippen LogP contribution is -2.66. The van der Waals surface area contributed by atoms with Crippen molar-refractivity contribution in [3.05, 3.63) is 0 Å². The quantitative estimate of drug-likeness (QED) is 0.760. The maximum absolute atomic E-state index is 12.7. The first-order chi connectivity index (χ1) is 9.29. The van der Waals surface area contributed by atoms with Crippen LogP contribution >= 0.6 is 0 Å². The molecule has 2 fully saturated rings. The number of nitrogens with one attached hydrogen (secondary N) is 1. The highest BCUT2D eigenvalue weighted by Gasteiger charge is 2.51. The monoisotopic (exact) mass is 284 g/mol. The zero-order valence-electron chi connectivity index (χ0n) is 12.4. The summed E-state index contributed by atoms with van der Waals surface area (Å²) in [6.07, 6.45) is 0.868. The third kappa shape index (κ3) is 2.67. The van der Waals surface area contributed by atoms with E-state index in [-0.39, 0.29) is 23.8 Å². The Balaban J connectivity index is 1.94. The van der Waals surface area contributed by atoms with Crippen LogP contribution in [0.2, 0.25) is 0 Å². The Kier molecular flexibility index (Phi) is 4.07. The second-order valence-corrected chi connectivity index (χ2v) is 6.53. The summed E-state index contributed by atoms with van der Waals surface area (Å²) in [5, 5.41) is 11.9. The molecule has 2 aliphatic heterocycles. The molecule has 0 radical (unpaired) electrons. The number of carboxylic acid groups (broad SMARTS) is 1. The lowest BCUT2D eigenvalue weighted by Gasteiger charge is -2.50. The van der Waals surface area contributed by atoms with Gasteiger partial charge in [-0.25, -0.2) is 4.79 Å². The van der Waals surface area contributed by atoms with Gasteiger partial charge >= 0.3 is 5.97 Å². The summed E-state index contributed by atoms with van der Waals surface area (Å²) in [6.45, 7) is 8.29. The molecule has 2 rings (SSSR count). The minimum atomic E-state index is -0.977. The summed E-state index contributed by atoms with van der Waals surface area (Å²) in [6, 6.07) is 0. The van der Waals surface area contributed by atoms with Crippen LogP contribution in [0.15, 0.2) is 0 Å². The zero-order valence-corrected chi connectivity index (χ0v) is 12.4. The normalized spacial score (nSPS) is 28.5. The Bertz CT molecular complexity index is 396. The van der Waals surface area contributed by atoms with Gasteiger partial charge in [-0.3, -0.25) is 4.79 Å². The Morgan fingerprint density at radius 1 is 1.40 bits per heavy atom. The number of nitrogens with zero attached hydrogens (tertiary/aromatic N) is 1. The van der Waals surface area contributed by atoms with Crippen molar-refractivity contribution in [3.63, 3.8) is 0 Å². The molecule has 0 spiro atoms. The molecule has 6 heteroatoms. The number of carboxylic acids is 1. The summed E-state index contributed by atoms with van der Waals surface area (Å²) >= 11 is 0. The Morgan fingerprint density at radius 2 is 2.05 bits per heavy atom. The number of carbonyl (C=O) groups is 2. The van der Waals surface area contributed by atoms with Gasteiger partial charge in [0.15, 0.2) is 0 Å². The first-order valence-electron chi connectivity index (χ1n) is 7.15. The molecule has 6 nitrogen and oxygen atoms in total. The number of hydrogen-bond acceptors (Lipinski definition) is 4. The minimum Gasteiger partial charge on any atom is -0.480 e. The molecule has 0 saturated carbocycles. The highest BCUT2D eigenvalue weighted by molar-refractivity contribution is 5.84. The molecule has 2 aliphatic rings. The van der Waals surface area contributed by atoms with Gasteiger partial charge in [-0.05, 0) is 25.8 Å². The number of ether oxygens (including phenoxy) is 1. The van der Waals surface area contributed by atoms with E-state index < -0.39 is 11.6 Å². The summed E-state index contributed by atoms with van der Waals surface area (Å²) in [5.41, 5.74) is -0.827. The highest BCUT2D eigenvalue weighted by Crippen LogP contribution is 2.39. The molecule has 2 N–H and O–H groups in total. The maximum Gasteiger partial charge on any atom is 0.329 e. The van der Waals surface area contributed by atoms with E-state index >= 15 is 0 Å². The van der Waals surface area contributed by atoms with E-state index in [9.17, 15) is 9.59 Å². The number of hydrogen-bond donors (Lipinski definition) is 2. The first-order valence-corrected chi connectivity index (χ1v) is 7.15. The lowest BCUT2D eigenvalue weighted by molar-refractivity contribution is -0.180. The molecule has 2 heterocycles. The third-order valence-corrected chi connectivity index (χ3v) is 4.60. The van der Waals surface area contributed by atoms with Gasteiger partial charge in [0.2, 0.25) is 5.91 Å². The minimum absolute atomic E-state index is 0.175. The third-order valence-electron chi connectivity index (χ3n) is 4.60. The fourth-order valence-corrected chi connectivity index (χ4v) is 3.18. The van der Waals surface area contributed by atoms with E-state index in [4.69, 9.17) is 9.84 Å². The fourth-order valence-electron chi connectivity index (χ4n) is 3.18. The molecule has 114 valence electrons. The molecule has 0 aromatic rings. The van der Waals surface area contributed by atoms with Crippen molar-refractivity contribution in [1.29, 1.82) is 0 Å². The summed E-state index contributed by atoms with van der Waals surface area (Å²) in [4.78, 5) is 25.1. The molecule has 0 aromatic carbocycles. The molecular weight excluding hydrogens is 260 g/mol. The van der Waals surface area contributed by atoms with Crippen LogP contribution < -0.4 is 5.32 Å². The molecule has 0 aliphatic carbocycles. The van der Waals surface area contributed by atoms with Gasteiger partial charge in [0, 0.05) is 6.54 Å². The standard InChI is InChI=1S/C14H24N2O4/c1-10(2)14(4-5-15-7-14)12(19)16-8-13(3,9-16)20-6-11(17)18/h10,15H,4-9H2,1-3H3,(H,17,18). The molecule has 0 aromatic heterocycles.